The van der Waals surface area contributed by atoms with Gasteiger partial charge in [-0.05, 0) is 124 Å². The smallest absolute Gasteiger partial charge is 0.193 e. The van der Waals surface area contributed by atoms with E-state index >= 15 is 4.79 Å². The topological polar surface area (TPSA) is 116 Å². The number of benzene rings is 2. The van der Waals surface area contributed by atoms with Crippen molar-refractivity contribution in [1.29, 1.82) is 0 Å². The molecule has 58 heavy (non-hydrogen) atoms. The van der Waals surface area contributed by atoms with Crippen LogP contribution in [0.25, 0.3) is 0 Å². The van der Waals surface area contributed by atoms with Crippen LogP contribution in [0.3, 0.4) is 0 Å². The van der Waals surface area contributed by atoms with Crippen LogP contribution < -0.4 is 10.6 Å². The quantitative estimate of drug-likeness (QED) is 0.112. The number of allylic oxidation sites excluding steroid dienone is 8. The largest absolute Gasteiger partial charge is 0.396 e. The molecule has 4 aliphatic rings. The fourth-order valence-corrected chi connectivity index (χ4v) is 10.5. The Hall–Kier alpha value is -3.75. The summed E-state index contributed by atoms with van der Waals surface area (Å²) in [6.07, 6.45) is 15.8. The molecule has 7 nitrogen and oxygen atoms in total. The summed E-state index contributed by atoms with van der Waals surface area (Å²) in [5, 5.41) is 29.6. The lowest BCUT2D eigenvalue weighted by Gasteiger charge is -2.52. The number of aliphatic hydroxyl groups is 2. The molecule has 2 heterocycles. The van der Waals surface area contributed by atoms with Crippen molar-refractivity contribution < 1.29 is 24.6 Å². The van der Waals surface area contributed by atoms with Crippen LogP contribution in [0, 0.1) is 46.3 Å². The zero-order valence-corrected chi connectivity index (χ0v) is 35.5. The van der Waals surface area contributed by atoms with Crippen LogP contribution in [0.5, 0.6) is 0 Å². The fraction of sp³-hybridized carbons (Fsp3) is 0.549. The molecule has 2 aromatic carbocycles. The van der Waals surface area contributed by atoms with Crippen molar-refractivity contribution in [1.82, 2.24) is 10.6 Å². The number of rotatable bonds is 18. The molecule has 0 bridgehead atoms. The standard InChI is InChI=1S/C51H68N2O5/c1-5-35(3)27-41-29-45(39-19-13-23-52-33-39)50(21-25-54,31-43(41)47(56)37-15-9-7-10-16-37)49(58)51(22-26-55)32-44(48(57)38-17-11-8-12-18-38)42(28-36(4)6-2)30-46(51)40-20-14-24-53-34-40/h7-12,15-18,29-32,35-36,39-40,45-46,52-55H,5-6,13-14,19-28,33-34H2,1-4H3. The van der Waals surface area contributed by atoms with Gasteiger partial charge in [0.2, 0.25) is 0 Å². The van der Waals surface area contributed by atoms with Crippen molar-refractivity contribution in [3.05, 3.63) is 118 Å². The van der Waals surface area contributed by atoms with E-state index in [1.54, 1.807) is 0 Å². The third kappa shape index (κ3) is 9.18. The lowest BCUT2D eigenvalue weighted by Crippen LogP contribution is -2.56. The molecule has 4 N–H and O–H groups in total. The van der Waals surface area contributed by atoms with Gasteiger partial charge in [0, 0.05) is 35.5 Å². The molecule has 8 atom stereocenters. The zero-order chi connectivity index (χ0) is 41.3. The highest BCUT2D eigenvalue weighted by Crippen LogP contribution is 2.57. The van der Waals surface area contributed by atoms with Crippen molar-refractivity contribution in [3.8, 4) is 0 Å². The van der Waals surface area contributed by atoms with Gasteiger partial charge in [0.15, 0.2) is 17.3 Å². The predicted molar refractivity (Wildman–Crippen MR) is 233 cm³/mol. The minimum absolute atomic E-state index is 0.0799. The van der Waals surface area contributed by atoms with E-state index in [-0.39, 0.29) is 67.1 Å². The van der Waals surface area contributed by atoms with Crippen LogP contribution in [-0.4, -0.2) is 67.0 Å². The highest BCUT2D eigenvalue weighted by Gasteiger charge is 2.59. The number of Topliss-reactive ketones (excluding diaryl/α,β-unsaturated/α-hetero) is 3. The Bertz CT molecular complexity index is 1720. The summed E-state index contributed by atoms with van der Waals surface area (Å²) in [5.74, 6) is -0.158. The number of piperidine rings is 2. The monoisotopic (exact) mass is 789 g/mol. The molecule has 0 saturated carbocycles. The maximum Gasteiger partial charge on any atom is 0.193 e. The number of carbonyl (C=O) groups excluding carboxylic acids is 3. The molecule has 2 saturated heterocycles. The molecule has 6 rings (SSSR count). The van der Waals surface area contributed by atoms with E-state index < -0.39 is 10.8 Å². The van der Waals surface area contributed by atoms with Gasteiger partial charge in [-0.25, -0.2) is 0 Å². The van der Waals surface area contributed by atoms with Crippen LogP contribution in [0.15, 0.2) is 107 Å². The molecule has 0 aromatic heterocycles. The average molecular weight is 789 g/mol. The van der Waals surface area contributed by atoms with Crippen LogP contribution >= 0.6 is 0 Å². The normalized spacial score (nSPS) is 28.7. The maximum absolute atomic E-state index is 16.8. The van der Waals surface area contributed by atoms with E-state index in [0.717, 1.165) is 75.9 Å². The number of hydrogen-bond donors (Lipinski definition) is 4. The van der Waals surface area contributed by atoms with Gasteiger partial charge in [-0.15, -0.1) is 0 Å². The van der Waals surface area contributed by atoms with Crippen LogP contribution in [0.1, 0.15) is 113 Å². The second-order valence-electron chi connectivity index (χ2n) is 17.9. The Labute approximate surface area is 347 Å². The SMILES string of the molecule is CCC(C)CC1=CC(C2CCCNC2)C(CCO)(C(=O)C2(CCO)C=C(C(=O)c3ccccc3)C(CC(C)CC)=CC2C2CCCNC2)C=C1C(=O)c1ccccc1. The van der Waals surface area contributed by atoms with Gasteiger partial charge >= 0.3 is 0 Å². The Kier molecular flexibility index (Phi) is 15.1. The van der Waals surface area contributed by atoms with E-state index in [9.17, 15) is 19.8 Å². The molecule has 0 amide bonds. The summed E-state index contributed by atoms with van der Waals surface area (Å²) in [5.41, 5.74) is 1.58. The summed E-state index contributed by atoms with van der Waals surface area (Å²) in [7, 11) is 0. The summed E-state index contributed by atoms with van der Waals surface area (Å²) in [6.45, 7) is 11.5. The Morgan fingerprint density at radius 2 is 1.05 bits per heavy atom. The molecule has 0 radical (unpaired) electrons. The van der Waals surface area contributed by atoms with E-state index in [0.29, 0.717) is 47.0 Å². The first kappa shape index (κ1) is 43.8. The fourth-order valence-electron chi connectivity index (χ4n) is 10.5. The molecule has 2 aliphatic heterocycles. The van der Waals surface area contributed by atoms with Crippen molar-refractivity contribution >= 4 is 17.3 Å². The van der Waals surface area contributed by atoms with Gasteiger partial charge < -0.3 is 20.8 Å². The zero-order valence-electron chi connectivity index (χ0n) is 35.5. The minimum Gasteiger partial charge on any atom is -0.396 e. The highest BCUT2D eigenvalue weighted by atomic mass is 16.3. The Morgan fingerprint density at radius 3 is 1.38 bits per heavy atom. The third-order valence-electron chi connectivity index (χ3n) is 14.1. The van der Waals surface area contributed by atoms with Crippen molar-refractivity contribution in [2.75, 3.05) is 39.4 Å². The lowest BCUT2D eigenvalue weighted by atomic mass is 9.50. The first-order valence-electron chi connectivity index (χ1n) is 22.4. The number of hydrogen-bond acceptors (Lipinski definition) is 7. The van der Waals surface area contributed by atoms with Gasteiger partial charge in [0.1, 0.15) is 0 Å². The summed E-state index contributed by atoms with van der Waals surface area (Å²) in [4.78, 5) is 46.5. The van der Waals surface area contributed by atoms with E-state index in [4.69, 9.17) is 0 Å². The van der Waals surface area contributed by atoms with Crippen molar-refractivity contribution in [2.24, 2.45) is 46.3 Å². The molecular weight excluding hydrogens is 721 g/mol. The minimum atomic E-state index is -1.29. The van der Waals surface area contributed by atoms with Gasteiger partial charge in [0.05, 0.1) is 10.8 Å². The summed E-state index contributed by atoms with van der Waals surface area (Å²) in [6, 6.07) is 18.6. The number of nitrogens with one attached hydrogen (secondary N) is 2. The van der Waals surface area contributed by atoms with Gasteiger partial charge in [-0.1, -0.05) is 126 Å². The molecule has 0 spiro atoms. The molecule has 8 unspecified atom stereocenters. The van der Waals surface area contributed by atoms with Gasteiger partial charge in [0.25, 0.3) is 0 Å². The second kappa shape index (κ2) is 20.0. The predicted octanol–water partition coefficient (Wildman–Crippen LogP) is 8.90. The van der Waals surface area contributed by atoms with Gasteiger partial charge in [-0.2, -0.15) is 0 Å². The summed E-state index contributed by atoms with van der Waals surface area (Å²) >= 11 is 0. The lowest BCUT2D eigenvalue weighted by molar-refractivity contribution is -0.142. The number of carbonyl (C=O) groups is 3. The van der Waals surface area contributed by atoms with Crippen LogP contribution in [0.2, 0.25) is 0 Å². The highest BCUT2D eigenvalue weighted by molar-refractivity contribution is 6.14. The van der Waals surface area contributed by atoms with E-state index in [1.165, 1.54) is 0 Å². The number of ketones is 3. The third-order valence-corrected chi connectivity index (χ3v) is 14.1. The molecule has 2 aliphatic carbocycles. The maximum atomic E-state index is 16.8. The molecule has 2 aromatic rings. The Balaban J connectivity index is 1.64. The van der Waals surface area contributed by atoms with Crippen LogP contribution in [0.4, 0.5) is 0 Å². The van der Waals surface area contributed by atoms with Crippen molar-refractivity contribution in [3.63, 3.8) is 0 Å². The van der Waals surface area contributed by atoms with Crippen molar-refractivity contribution in [2.45, 2.75) is 91.9 Å². The molecule has 2 fully saturated rings. The average Bonchev–Trinajstić information content (AvgIpc) is 3.27. The van der Waals surface area contributed by atoms with E-state index in [1.807, 2.05) is 72.8 Å². The van der Waals surface area contributed by atoms with Gasteiger partial charge in [-0.3, -0.25) is 14.4 Å². The van der Waals surface area contributed by atoms with E-state index in [2.05, 4.69) is 50.5 Å². The molecular formula is C51H68N2O5. The second-order valence-corrected chi connectivity index (χ2v) is 17.9. The van der Waals surface area contributed by atoms with Crippen LogP contribution in [-0.2, 0) is 4.79 Å². The molecule has 7 heteroatoms. The number of aliphatic hydroxyl groups excluding tert-OH is 2. The first-order valence-corrected chi connectivity index (χ1v) is 22.4. The summed E-state index contributed by atoms with van der Waals surface area (Å²) < 4.78 is 0. The first-order chi connectivity index (χ1) is 28.1. The Morgan fingerprint density at radius 1 is 0.655 bits per heavy atom. The molecule has 312 valence electrons.